The van der Waals surface area contributed by atoms with Crippen LogP contribution < -0.4 is 11.1 Å². The van der Waals surface area contributed by atoms with Gasteiger partial charge in [0.2, 0.25) is 11.8 Å². The molecule has 4 unspecified atom stereocenters. The molecule has 0 aliphatic heterocycles. The maximum absolute atomic E-state index is 12.8. The summed E-state index contributed by atoms with van der Waals surface area (Å²) in [7, 11) is -4.46. The largest absolute Gasteiger partial charge is 0.481 e. The van der Waals surface area contributed by atoms with Crippen LogP contribution >= 0.6 is 0 Å². The highest BCUT2D eigenvalue weighted by Gasteiger charge is 2.43. The summed E-state index contributed by atoms with van der Waals surface area (Å²) in [6.07, 6.45) is -0.129. The first-order valence-electron chi connectivity index (χ1n) is 8.54. The quantitative estimate of drug-likeness (QED) is 0.261. The SMILES string of the molecule is CCC(CC(C(=O)NC(C)(C)CS(=O)(=O)O)C(C(=O)O)C(C)C(=O)O)C(N)=O. The fourth-order valence-corrected chi connectivity index (χ4v) is 4.00. The van der Waals surface area contributed by atoms with Crippen LogP contribution in [-0.2, 0) is 29.3 Å². The minimum atomic E-state index is -4.46. The number of hydrogen-bond donors (Lipinski definition) is 5. The smallest absolute Gasteiger partial charge is 0.308 e. The summed E-state index contributed by atoms with van der Waals surface area (Å²) in [5.74, 6) is -11.1. The minimum Gasteiger partial charge on any atom is -0.481 e. The Morgan fingerprint density at radius 3 is 1.93 bits per heavy atom. The van der Waals surface area contributed by atoms with Gasteiger partial charge in [0.05, 0.1) is 29.0 Å². The molecule has 0 spiro atoms. The Hall–Kier alpha value is -2.21. The second-order valence-corrected chi connectivity index (χ2v) is 8.89. The van der Waals surface area contributed by atoms with Crippen LogP contribution in [0.4, 0.5) is 0 Å². The number of carbonyl (C=O) groups excluding carboxylic acids is 2. The molecule has 0 aromatic heterocycles. The summed E-state index contributed by atoms with van der Waals surface area (Å²) in [4.78, 5) is 47.4. The fraction of sp³-hybridized carbons (Fsp3) is 0.750. The molecule has 162 valence electrons. The molecule has 0 fully saturated rings. The molecular weight excluding hydrogens is 396 g/mol. The Labute approximate surface area is 163 Å². The molecule has 0 heterocycles. The molecule has 28 heavy (non-hydrogen) atoms. The number of carbonyl (C=O) groups is 4. The van der Waals surface area contributed by atoms with Gasteiger partial charge in [-0.15, -0.1) is 0 Å². The van der Waals surface area contributed by atoms with E-state index in [4.69, 9.17) is 10.3 Å². The molecule has 2 amide bonds. The summed E-state index contributed by atoms with van der Waals surface area (Å²) < 4.78 is 31.3. The second-order valence-electron chi connectivity index (χ2n) is 7.44. The Bertz CT molecular complexity index is 718. The number of carboxylic acid groups (broad SMARTS) is 2. The van der Waals surface area contributed by atoms with Crippen molar-refractivity contribution in [3.05, 3.63) is 0 Å². The van der Waals surface area contributed by atoms with Crippen LogP contribution in [0.3, 0.4) is 0 Å². The fourth-order valence-electron chi connectivity index (χ4n) is 3.01. The second kappa shape index (κ2) is 9.82. The number of aliphatic carboxylic acids is 2. The summed E-state index contributed by atoms with van der Waals surface area (Å²) in [5, 5.41) is 21.1. The molecule has 0 aromatic rings. The summed E-state index contributed by atoms with van der Waals surface area (Å²) >= 11 is 0. The van der Waals surface area contributed by atoms with E-state index in [1.165, 1.54) is 13.8 Å². The van der Waals surface area contributed by atoms with Crippen LogP contribution in [-0.4, -0.2) is 58.2 Å². The molecule has 11 nitrogen and oxygen atoms in total. The number of nitrogens with two attached hydrogens (primary N) is 1. The predicted octanol–water partition coefficient (Wildman–Crippen LogP) is -0.292. The van der Waals surface area contributed by atoms with Gasteiger partial charge in [-0.25, -0.2) is 0 Å². The lowest BCUT2D eigenvalue weighted by molar-refractivity contribution is -0.158. The van der Waals surface area contributed by atoms with Crippen molar-refractivity contribution in [2.24, 2.45) is 29.4 Å². The summed E-state index contributed by atoms with van der Waals surface area (Å²) in [6.45, 7) is 5.30. The Balaban J connectivity index is 6.00. The predicted molar refractivity (Wildman–Crippen MR) is 97.6 cm³/mol. The highest BCUT2D eigenvalue weighted by molar-refractivity contribution is 7.85. The van der Waals surface area contributed by atoms with E-state index >= 15 is 0 Å². The number of rotatable bonds is 12. The number of hydrogen-bond acceptors (Lipinski definition) is 6. The van der Waals surface area contributed by atoms with Crippen molar-refractivity contribution in [2.45, 2.75) is 46.1 Å². The Morgan fingerprint density at radius 1 is 1.11 bits per heavy atom. The molecule has 12 heteroatoms. The van der Waals surface area contributed by atoms with Gasteiger partial charge in [0.25, 0.3) is 10.1 Å². The summed E-state index contributed by atoms with van der Waals surface area (Å²) in [5.41, 5.74) is 3.79. The van der Waals surface area contributed by atoms with E-state index in [2.05, 4.69) is 5.32 Å². The van der Waals surface area contributed by atoms with Gasteiger partial charge < -0.3 is 21.3 Å². The van der Waals surface area contributed by atoms with E-state index in [0.717, 1.165) is 6.92 Å². The third-order valence-electron chi connectivity index (χ3n) is 4.42. The Morgan fingerprint density at radius 2 is 1.61 bits per heavy atom. The first kappa shape index (κ1) is 25.8. The minimum absolute atomic E-state index is 0.196. The first-order chi connectivity index (χ1) is 12.5. The van der Waals surface area contributed by atoms with Crippen molar-refractivity contribution in [1.82, 2.24) is 5.32 Å². The highest BCUT2D eigenvalue weighted by atomic mass is 32.2. The third-order valence-corrected chi connectivity index (χ3v) is 5.51. The van der Waals surface area contributed by atoms with E-state index < -0.39 is 68.8 Å². The zero-order chi connectivity index (χ0) is 22.4. The highest BCUT2D eigenvalue weighted by Crippen LogP contribution is 2.30. The van der Waals surface area contributed by atoms with Crippen LogP contribution in [0.1, 0.15) is 40.5 Å². The van der Waals surface area contributed by atoms with Crippen LogP contribution in [0.2, 0.25) is 0 Å². The van der Waals surface area contributed by atoms with Gasteiger partial charge in [-0.2, -0.15) is 8.42 Å². The number of primary amides is 1. The van der Waals surface area contributed by atoms with Crippen LogP contribution in [0.25, 0.3) is 0 Å². The van der Waals surface area contributed by atoms with E-state index in [0.29, 0.717) is 0 Å². The first-order valence-corrected chi connectivity index (χ1v) is 10.2. The normalized spacial score (nSPS) is 16.5. The van der Waals surface area contributed by atoms with Crippen molar-refractivity contribution in [1.29, 1.82) is 0 Å². The van der Waals surface area contributed by atoms with E-state index in [1.54, 1.807) is 6.92 Å². The van der Waals surface area contributed by atoms with Gasteiger partial charge in [-0.3, -0.25) is 23.7 Å². The lowest BCUT2D eigenvalue weighted by atomic mass is 9.76. The van der Waals surface area contributed by atoms with E-state index in [9.17, 15) is 37.8 Å². The van der Waals surface area contributed by atoms with Crippen LogP contribution in [0.5, 0.6) is 0 Å². The molecule has 0 aliphatic carbocycles. The molecule has 0 saturated carbocycles. The van der Waals surface area contributed by atoms with Crippen molar-refractivity contribution >= 4 is 33.9 Å². The topological polar surface area (TPSA) is 201 Å². The van der Waals surface area contributed by atoms with Gasteiger partial charge in [0.1, 0.15) is 0 Å². The lowest BCUT2D eigenvalue weighted by Gasteiger charge is -2.32. The molecule has 0 saturated heterocycles. The zero-order valence-corrected chi connectivity index (χ0v) is 17.0. The monoisotopic (exact) mass is 424 g/mol. The number of nitrogens with one attached hydrogen (secondary N) is 1. The molecule has 0 aromatic carbocycles. The van der Waals surface area contributed by atoms with E-state index in [-0.39, 0.29) is 12.8 Å². The number of carboxylic acids is 2. The van der Waals surface area contributed by atoms with Crippen molar-refractivity contribution in [3.8, 4) is 0 Å². The standard InChI is InChI=1S/C16H28N2O9S/c1-5-9(12(17)19)6-10(11(15(23)24)8(2)14(21)22)13(20)18-16(3,4)7-28(25,26)27/h8-11H,5-7H2,1-4H3,(H2,17,19)(H,18,20)(H,21,22)(H,23,24)(H,25,26,27). The number of amides is 2. The van der Waals surface area contributed by atoms with Gasteiger partial charge >= 0.3 is 11.9 Å². The van der Waals surface area contributed by atoms with Gasteiger partial charge in [-0.1, -0.05) is 13.8 Å². The molecular formula is C16H28N2O9S. The molecule has 6 N–H and O–H groups in total. The van der Waals surface area contributed by atoms with Gasteiger partial charge in [0, 0.05) is 5.92 Å². The van der Waals surface area contributed by atoms with Gasteiger partial charge in [-0.05, 0) is 26.7 Å². The van der Waals surface area contributed by atoms with Crippen molar-refractivity contribution in [3.63, 3.8) is 0 Å². The third kappa shape index (κ3) is 8.21. The molecule has 4 atom stereocenters. The van der Waals surface area contributed by atoms with E-state index in [1.807, 2.05) is 0 Å². The molecule has 0 bridgehead atoms. The Kier molecular flexibility index (Phi) is 9.05. The lowest BCUT2D eigenvalue weighted by Crippen LogP contribution is -2.53. The molecule has 0 rings (SSSR count). The van der Waals surface area contributed by atoms with Crippen molar-refractivity contribution in [2.75, 3.05) is 5.75 Å². The molecule has 0 aliphatic rings. The van der Waals surface area contributed by atoms with Crippen LogP contribution in [0.15, 0.2) is 0 Å². The maximum atomic E-state index is 12.8. The average molecular weight is 424 g/mol. The molecule has 0 radical (unpaired) electrons. The van der Waals surface area contributed by atoms with Crippen molar-refractivity contribution < 1.29 is 42.4 Å². The van der Waals surface area contributed by atoms with Gasteiger partial charge in [0.15, 0.2) is 0 Å². The summed E-state index contributed by atoms with van der Waals surface area (Å²) in [6, 6.07) is 0. The maximum Gasteiger partial charge on any atom is 0.308 e. The zero-order valence-electron chi connectivity index (χ0n) is 16.2. The van der Waals surface area contributed by atoms with Crippen LogP contribution in [0, 0.1) is 23.7 Å². The average Bonchev–Trinajstić information content (AvgIpc) is 2.46.